The number of anilines is 1. The lowest BCUT2D eigenvalue weighted by molar-refractivity contribution is -0.118. The maximum atomic E-state index is 12.8. The Morgan fingerprint density at radius 3 is 2.27 bits per heavy atom. The number of ether oxygens (including phenoxy) is 1. The summed E-state index contributed by atoms with van der Waals surface area (Å²) in [7, 11) is 1.76. The van der Waals surface area contributed by atoms with Gasteiger partial charge in [-0.1, -0.05) is 6.07 Å². The Morgan fingerprint density at radius 2 is 1.68 bits per heavy atom. The van der Waals surface area contributed by atoms with Gasteiger partial charge in [-0.05, 0) is 61.4 Å². The summed E-state index contributed by atoms with van der Waals surface area (Å²) in [5, 5.41) is 0. The van der Waals surface area contributed by atoms with Gasteiger partial charge in [-0.15, -0.1) is 0 Å². The van der Waals surface area contributed by atoms with Crippen molar-refractivity contribution in [2.45, 2.75) is 20.3 Å². The highest BCUT2D eigenvalue weighted by Gasteiger charge is 2.11. The summed E-state index contributed by atoms with van der Waals surface area (Å²) in [4.78, 5) is 13.8. The molecule has 0 spiro atoms. The number of aryl methyl sites for hydroxylation is 2. The van der Waals surface area contributed by atoms with Crippen LogP contribution in [0.4, 0.5) is 10.1 Å². The van der Waals surface area contributed by atoms with Crippen LogP contribution >= 0.6 is 0 Å². The van der Waals surface area contributed by atoms with E-state index in [1.807, 2.05) is 26.0 Å². The Balaban J connectivity index is 1.90. The second-order valence-electron chi connectivity index (χ2n) is 5.35. The van der Waals surface area contributed by atoms with Crippen LogP contribution in [-0.2, 0) is 4.79 Å². The second kappa shape index (κ2) is 7.07. The van der Waals surface area contributed by atoms with Crippen LogP contribution in [0.25, 0.3) is 0 Å². The third-order valence-corrected chi connectivity index (χ3v) is 3.37. The molecular weight excluding hydrogens is 281 g/mol. The Hall–Kier alpha value is -2.36. The van der Waals surface area contributed by atoms with E-state index >= 15 is 0 Å². The van der Waals surface area contributed by atoms with Crippen LogP contribution < -0.4 is 9.64 Å². The Bertz CT molecular complexity index is 632. The van der Waals surface area contributed by atoms with Gasteiger partial charge in [0.25, 0.3) is 0 Å². The molecule has 0 bridgehead atoms. The van der Waals surface area contributed by atoms with E-state index in [1.165, 1.54) is 12.1 Å². The maximum absolute atomic E-state index is 12.8. The Morgan fingerprint density at radius 1 is 1.09 bits per heavy atom. The molecule has 1 amide bonds. The van der Waals surface area contributed by atoms with Crippen LogP contribution in [0, 0.1) is 19.7 Å². The molecule has 116 valence electrons. The van der Waals surface area contributed by atoms with E-state index < -0.39 is 0 Å². The monoisotopic (exact) mass is 301 g/mol. The van der Waals surface area contributed by atoms with Crippen molar-refractivity contribution in [2.75, 3.05) is 18.6 Å². The largest absolute Gasteiger partial charge is 0.493 e. The molecule has 0 N–H and O–H groups in total. The van der Waals surface area contributed by atoms with Gasteiger partial charge in [0.05, 0.1) is 13.0 Å². The highest BCUT2D eigenvalue weighted by molar-refractivity contribution is 5.93. The van der Waals surface area contributed by atoms with Crippen LogP contribution in [0.1, 0.15) is 17.5 Å². The first kappa shape index (κ1) is 16.0. The smallest absolute Gasteiger partial charge is 0.230 e. The fourth-order valence-corrected chi connectivity index (χ4v) is 2.24. The normalized spacial score (nSPS) is 10.4. The van der Waals surface area contributed by atoms with Gasteiger partial charge in [-0.25, -0.2) is 4.39 Å². The summed E-state index contributed by atoms with van der Waals surface area (Å²) in [6.07, 6.45) is 0.265. The SMILES string of the molecule is Cc1cc(C)cc(N(C)C(=O)CCOc2ccc(F)cc2)c1. The molecule has 0 aliphatic rings. The average Bonchev–Trinajstić information content (AvgIpc) is 2.47. The highest BCUT2D eigenvalue weighted by Crippen LogP contribution is 2.18. The van der Waals surface area contributed by atoms with E-state index in [0.717, 1.165) is 16.8 Å². The van der Waals surface area contributed by atoms with Gasteiger partial charge in [0.2, 0.25) is 5.91 Å². The number of rotatable bonds is 5. The van der Waals surface area contributed by atoms with E-state index in [1.54, 1.807) is 24.1 Å². The van der Waals surface area contributed by atoms with Gasteiger partial charge in [-0.2, -0.15) is 0 Å². The third-order valence-electron chi connectivity index (χ3n) is 3.37. The minimum Gasteiger partial charge on any atom is -0.493 e. The Labute approximate surface area is 130 Å². The predicted octanol–water partition coefficient (Wildman–Crippen LogP) is 3.87. The van der Waals surface area contributed by atoms with Crippen molar-refractivity contribution >= 4 is 11.6 Å². The first-order valence-electron chi connectivity index (χ1n) is 7.19. The summed E-state index contributed by atoms with van der Waals surface area (Å²) in [6, 6.07) is 11.8. The molecule has 0 aliphatic carbocycles. The number of hydrogen-bond acceptors (Lipinski definition) is 2. The van der Waals surface area contributed by atoms with E-state index in [4.69, 9.17) is 4.74 Å². The van der Waals surface area contributed by atoms with Gasteiger partial charge in [0.15, 0.2) is 0 Å². The molecule has 2 aromatic rings. The van der Waals surface area contributed by atoms with E-state index in [2.05, 4.69) is 6.07 Å². The number of hydrogen-bond donors (Lipinski definition) is 0. The van der Waals surface area contributed by atoms with Gasteiger partial charge in [-0.3, -0.25) is 4.79 Å². The predicted molar refractivity (Wildman–Crippen MR) is 85.8 cm³/mol. The number of carbonyl (C=O) groups excluding carboxylic acids is 1. The first-order valence-corrected chi connectivity index (χ1v) is 7.19. The summed E-state index contributed by atoms with van der Waals surface area (Å²) in [5.74, 6) is 0.230. The lowest BCUT2D eigenvalue weighted by Gasteiger charge is -2.18. The van der Waals surface area contributed by atoms with Crippen LogP contribution in [0.15, 0.2) is 42.5 Å². The van der Waals surface area contributed by atoms with Crippen molar-refractivity contribution < 1.29 is 13.9 Å². The average molecular weight is 301 g/mol. The zero-order valence-corrected chi connectivity index (χ0v) is 13.1. The highest BCUT2D eigenvalue weighted by atomic mass is 19.1. The van der Waals surface area contributed by atoms with Crippen LogP contribution in [-0.4, -0.2) is 19.6 Å². The molecule has 0 fully saturated rings. The van der Waals surface area contributed by atoms with Crippen LogP contribution in [0.3, 0.4) is 0 Å². The van der Waals surface area contributed by atoms with E-state index in [-0.39, 0.29) is 24.8 Å². The molecule has 0 unspecified atom stereocenters. The number of benzene rings is 2. The Kier molecular flexibility index (Phi) is 5.15. The van der Waals surface area contributed by atoms with Crippen molar-refractivity contribution in [1.82, 2.24) is 0 Å². The third kappa shape index (κ3) is 4.32. The van der Waals surface area contributed by atoms with Crippen molar-refractivity contribution in [3.8, 4) is 5.75 Å². The number of nitrogens with zero attached hydrogens (tertiary/aromatic N) is 1. The standard InChI is InChI=1S/C18H20FNO2/c1-13-10-14(2)12-16(11-13)20(3)18(21)8-9-22-17-6-4-15(19)5-7-17/h4-7,10-12H,8-9H2,1-3H3. The number of carbonyl (C=O) groups is 1. The van der Waals surface area contributed by atoms with Crippen molar-refractivity contribution in [3.05, 3.63) is 59.4 Å². The molecule has 0 radical (unpaired) electrons. The molecule has 0 aliphatic heterocycles. The molecule has 0 aromatic heterocycles. The second-order valence-corrected chi connectivity index (χ2v) is 5.35. The van der Waals surface area contributed by atoms with E-state index in [0.29, 0.717) is 5.75 Å². The molecule has 0 atom stereocenters. The number of halogens is 1. The minimum absolute atomic E-state index is 0.0212. The summed E-state index contributed by atoms with van der Waals surface area (Å²) < 4.78 is 18.2. The lowest BCUT2D eigenvalue weighted by atomic mass is 10.1. The van der Waals surface area contributed by atoms with E-state index in [9.17, 15) is 9.18 Å². The summed E-state index contributed by atoms with van der Waals surface area (Å²) in [5.41, 5.74) is 3.12. The van der Waals surface area contributed by atoms with Gasteiger partial charge >= 0.3 is 0 Å². The molecular formula is C18H20FNO2. The fraction of sp³-hybridized carbons (Fsp3) is 0.278. The quantitative estimate of drug-likeness (QED) is 0.839. The fourth-order valence-electron chi connectivity index (χ4n) is 2.24. The van der Waals surface area contributed by atoms with Crippen molar-refractivity contribution in [3.63, 3.8) is 0 Å². The summed E-state index contributed by atoms with van der Waals surface area (Å²) >= 11 is 0. The molecule has 0 saturated carbocycles. The topological polar surface area (TPSA) is 29.5 Å². The van der Waals surface area contributed by atoms with Crippen molar-refractivity contribution in [1.29, 1.82) is 0 Å². The van der Waals surface area contributed by atoms with Gasteiger partial charge in [0, 0.05) is 12.7 Å². The number of amides is 1. The molecule has 2 rings (SSSR count). The minimum atomic E-state index is -0.307. The first-order chi connectivity index (χ1) is 10.5. The zero-order chi connectivity index (χ0) is 16.1. The van der Waals surface area contributed by atoms with Gasteiger partial charge < -0.3 is 9.64 Å². The summed E-state index contributed by atoms with van der Waals surface area (Å²) in [6.45, 7) is 4.28. The molecule has 0 heterocycles. The zero-order valence-electron chi connectivity index (χ0n) is 13.1. The molecule has 22 heavy (non-hydrogen) atoms. The molecule has 2 aromatic carbocycles. The van der Waals surface area contributed by atoms with Crippen LogP contribution in [0.2, 0.25) is 0 Å². The van der Waals surface area contributed by atoms with Crippen LogP contribution in [0.5, 0.6) is 5.75 Å². The van der Waals surface area contributed by atoms with Gasteiger partial charge in [0.1, 0.15) is 11.6 Å². The maximum Gasteiger partial charge on any atom is 0.230 e. The molecule has 0 saturated heterocycles. The molecule has 3 nitrogen and oxygen atoms in total. The molecule has 4 heteroatoms. The van der Waals surface area contributed by atoms with Crippen molar-refractivity contribution in [2.24, 2.45) is 0 Å². The lowest BCUT2D eigenvalue weighted by Crippen LogP contribution is -2.27.